The van der Waals surface area contributed by atoms with Crippen molar-refractivity contribution < 1.29 is 9.53 Å². The Bertz CT molecular complexity index is 430. The van der Waals surface area contributed by atoms with E-state index < -0.39 is 0 Å². The maximum absolute atomic E-state index is 11.7. The number of nitrogens with zero attached hydrogens (tertiary/aromatic N) is 1. The molecular weight excluding hydrogens is 238 g/mol. The third-order valence-electron chi connectivity index (χ3n) is 2.74. The lowest BCUT2D eigenvalue weighted by molar-refractivity contribution is -0.121. The molecule has 3 nitrogen and oxygen atoms in total. The van der Waals surface area contributed by atoms with Crippen molar-refractivity contribution in [2.45, 2.75) is 19.9 Å². The van der Waals surface area contributed by atoms with Gasteiger partial charge in [-0.3, -0.25) is 9.69 Å². The third-order valence-corrected chi connectivity index (χ3v) is 3.03. The molecule has 17 heavy (non-hydrogen) atoms. The summed E-state index contributed by atoms with van der Waals surface area (Å²) < 4.78 is 5.15. The van der Waals surface area contributed by atoms with Crippen LogP contribution in [-0.4, -0.2) is 31.9 Å². The summed E-state index contributed by atoms with van der Waals surface area (Å²) in [5.41, 5.74) is 1.92. The highest BCUT2D eigenvalue weighted by Gasteiger charge is 2.22. The van der Waals surface area contributed by atoms with E-state index in [4.69, 9.17) is 16.3 Å². The summed E-state index contributed by atoms with van der Waals surface area (Å²) in [7, 11) is 5.34. The molecule has 1 aromatic rings. The predicted octanol–water partition coefficient (Wildman–Crippen LogP) is 2.85. The molecule has 0 aliphatic heterocycles. The quantitative estimate of drug-likeness (QED) is 0.829. The van der Waals surface area contributed by atoms with Crippen LogP contribution in [0.15, 0.2) is 12.1 Å². The number of ketones is 1. The number of aryl methyl sites for hydroxylation is 1. The van der Waals surface area contributed by atoms with E-state index in [1.54, 1.807) is 14.0 Å². The smallest absolute Gasteiger partial charge is 0.151 e. The summed E-state index contributed by atoms with van der Waals surface area (Å²) in [4.78, 5) is 13.6. The van der Waals surface area contributed by atoms with Crippen LogP contribution in [0.3, 0.4) is 0 Å². The fraction of sp³-hybridized carbons (Fsp3) is 0.462. The molecule has 0 radical (unpaired) electrons. The number of carbonyl (C=O) groups excluding carboxylic acids is 1. The molecule has 0 saturated carbocycles. The van der Waals surface area contributed by atoms with Gasteiger partial charge >= 0.3 is 0 Å². The molecule has 1 atom stereocenters. The van der Waals surface area contributed by atoms with Crippen LogP contribution < -0.4 is 4.74 Å². The van der Waals surface area contributed by atoms with Crippen LogP contribution in [0.4, 0.5) is 0 Å². The first-order valence-corrected chi connectivity index (χ1v) is 5.77. The Morgan fingerprint density at radius 2 is 2.00 bits per heavy atom. The number of ether oxygens (including phenoxy) is 1. The fourth-order valence-corrected chi connectivity index (χ4v) is 2.23. The second kappa shape index (κ2) is 5.52. The van der Waals surface area contributed by atoms with Gasteiger partial charge in [0, 0.05) is 0 Å². The molecule has 1 unspecified atom stereocenters. The number of halogens is 1. The molecule has 0 N–H and O–H groups in total. The molecule has 0 spiro atoms. The molecule has 0 fully saturated rings. The van der Waals surface area contributed by atoms with Crippen LogP contribution >= 0.6 is 11.6 Å². The van der Waals surface area contributed by atoms with Gasteiger partial charge in [-0.1, -0.05) is 11.6 Å². The molecule has 0 heterocycles. The Morgan fingerprint density at radius 3 is 2.41 bits per heavy atom. The Balaban J connectivity index is 3.30. The third kappa shape index (κ3) is 2.99. The van der Waals surface area contributed by atoms with Gasteiger partial charge in [0.1, 0.15) is 5.75 Å². The molecule has 0 aliphatic carbocycles. The number of hydrogen-bond acceptors (Lipinski definition) is 3. The number of benzene rings is 1. The summed E-state index contributed by atoms with van der Waals surface area (Å²) in [5, 5.41) is 0.529. The van der Waals surface area contributed by atoms with Crippen molar-refractivity contribution in [3.8, 4) is 5.75 Å². The van der Waals surface area contributed by atoms with E-state index in [9.17, 15) is 4.79 Å². The number of methoxy groups -OCH3 is 1. The second-order valence-corrected chi connectivity index (χ2v) is 4.73. The highest BCUT2D eigenvalue weighted by atomic mass is 35.5. The number of rotatable bonds is 4. The van der Waals surface area contributed by atoms with Crippen molar-refractivity contribution in [2.75, 3.05) is 21.2 Å². The van der Waals surface area contributed by atoms with Crippen LogP contribution in [0.1, 0.15) is 24.1 Å². The van der Waals surface area contributed by atoms with Gasteiger partial charge < -0.3 is 4.74 Å². The van der Waals surface area contributed by atoms with E-state index in [0.717, 1.165) is 11.1 Å². The lowest BCUT2D eigenvalue weighted by atomic mass is 9.97. The maximum Gasteiger partial charge on any atom is 0.151 e. The van der Waals surface area contributed by atoms with Crippen molar-refractivity contribution >= 4 is 17.4 Å². The van der Waals surface area contributed by atoms with Gasteiger partial charge in [0.05, 0.1) is 18.2 Å². The largest absolute Gasteiger partial charge is 0.495 e. The predicted molar refractivity (Wildman–Crippen MR) is 69.9 cm³/mol. The zero-order valence-corrected chi connectivity index (χ0v) is 11.6. The number of carbonyl (C=O) groups is 1. The average molecular weight is 256 g/mol. The second-order valence-electron chi connectivity index (χ2n) is 4.32. The molecule has 0 bridgehead atoms. The molecular formula is C13H18ClNO2. The summed E-state index contributed by atoms with van der Waals surface area (Å²) in [6.45, 7) is 3.54. The summed E-state index contributed by atoms with van der Waals surface area (Å²) in [5.74, 6) is 0.730. The average Bonchev–Trinajstić information content (AvgIpc) is 2.21. The lowest BCUT2D eigenvalue weighted by Crippen LogP contribution is -2.26. The van der Waals surface area contributed by atoms with E-state index in [1.165, 1.54) is 0 Å². The number of likely N-dealkylation sites (N-methyl/N-ethyl adjacent to an activating group) is 1. The van der Waals surface area contributed by atoms with Gasteiger partial charge in [-0.05, 0) is 51.2 Å². The summed E-state index contributed by atoms with van der Waals surface area (Å²) in [6.07, 6.45) is 0. The highest BCUT2D eigenvalue weighted by molar-refractivity contribution is 6.32. The monoisotopic (exact) mass is 255 g/mol. The van der Waals surface area contributed by atoms with Gasteiger partial charge in [-0.2, -0.15) is 0 Å². The van der Waals surface area contributed by atoms with E-state index in [0.29, 0.717) is 10.8 Å². The van der Waals surface area contributed by atoms with Crippen LogP contribution in [-0.2, 0) is 4.79 Å². The van der Waals surface area contributed by atoms with Crippen molar-refractivity contribution in [1.29, 1.82) is 0 Å². The van der Waals surface area contributed by atoms with Crippen molar-refractivity contribution in [2.24, 2.45) is 0 Å². The van der Waals surface area contributed by atoms with Gasteiger partial charge in [-0.25, -0.2) is 0 Å². The van der Waals surface area contributed by atoms with Gasteiger partial charge in [0.2, 0.25) is 0 Å². The normalized spacial score (nSPS) is 12.6. The molecule has 1 rings (SSSR count). The molecule has 0 aliphatic rings. The van der Waals surface area contributed by atoms with Gasteiger partial charge in [-0.15, -0.1) is 0 Å². The molecule has 0 saturated heterocycles. The van der Waals surface area contributed by atoms with Crippen molar-refractivity contribution in [3.63, 3.8) is 0 Å². The lowest BCUT2D eigenvalue weighted by Gasteiger charge is -2.24. The molecule has 1 aromatic carbocycles. The Labute approximate surface area is 107 Å². The number of Topliss-reactive ketones (excluding diaryl/α,β-unsaturated/α-hetero) is 1. The van der Waals surface area contributed by atoms with Crippen LogP contribution in [0, 0.1) is 6.92 Å². The zero-order chi connectivity index (χ0) is 13.2. The van der Waals surface area contributed by atoms with Crippen molar-refractivity contribution in [1.82, 2.24) is 4.90 Å². The summed E-state index contributed by atoms with van der Waals surface area (Å²) >= 11 is 6.10. The first kappa shape index (κ1) is 14.0. The number of hydrogen-bond donors (Lipinski definition) is 0. The van der Waals surface area contributed by atoms with E-state index in [-0.39, 0.29) is 11.8 Å². The highest BCUT2D eigenvalue weighted by Crippen LogP contribution is 2.32. The Kier molecular flexibility index (Phi) is 4.54. The van der Waals surface area contributed by atoms with Crippen LogP contribution in [0.5, 0.6) is 5.75 Å². The Morgan fingerprint density at radius 1 is 1.41 bits per heavy atom. The zero-order valence-electron chi connectivity index (χ0n) is 10.9. The molecule has 0 aromatic heterocycles. The topological polar surface area (TPSA) is 29.5 Å². The molecule has 94 valence electrons. The maximum atomic E-state index is 11.7. The van der Waals surface area contributed by atoms with E-state index in [2.05, 4.69) is 0 Å². The fourth-order valence-electron chi connectivity index (χ4n) is 1.98. The van der Waals surface area contributed by atoms with E-state index >= 15 is 0 Å². The first-order chi connectivity index (χ1) is 7.88. The first-order valence-electron chi connectivity index (χ1n) is 5.39. The SMILES string of the molecule is COc1cc(C)c(C(C(C)=O)N(C)C)cc1Cl. The van der Waals surface area contributed by atoms with Gasteiger partial charge in [0.25, 0.3) is 0 Å². The standard InChI is InChI=1S/C13H18ClNO2/c1-8-6-12(17-5)11(14)7-10(8)13(9(2)16)15(3)4/h6-7,13H,1-5H3. The minimum absolute atomic E-state index is 0.0966. The minimum atomic E-state index is -0.265. The van der Waals surface area contributed by atoms with Crippen LogP contribution in [0.25, 0.3) is 0 Å². The minimum Gasteiger partial charge on any atom is -0.495 e. The Hall–Kier alpha value is -1.06. The van der Waals surface area contributed by atoms with E-state index in [1.807, 2.05) is 38.1 Å². The van der Waals surface area contributed by atoms with Gasteiger partial charge in [0.15, 0.2) is 5.78 Å². The van der Waals surface area contributed by atoms with Crippen molar-refractivity contribution in [3.05, 3.63) is 28.3 Å². The van der Waals surface area contributed by atoms with Crippen LogP contribution in [0.2, 0.25) is 5.02 Å². The summed E-state index contributed by atoms with van der Waals surface area (Å²) in [6, 6.07) is 3.40. The molecule has 0 amide bonds. The molecule has 4 heteroatoms.